The molecule has 45 heavy (non-hydrogen) atoms. The molecule has 13 nitrogen and oxygen atoms in total. The van der Waals surface area contributed by atoms with Crippen LogP contribution in [0.15, 0.2) is 77.7 Å². The van der Waals surface area contributed by atoms with Gasteiger partial charge in [0, 0.05) is 50.0 Å². The summed E-state index contributed by atoms with van der Waals surface area (Å²) in [7, 11) is -3.92. The predicted octanol–water partition coefficient (Wildman–Crippen LogP) is 1.49. The molecule has 2 fully saturated rings. The van der Waals surface area contributed by atoms with Gasteiger partial charge in [-0.25, -0.2) is 13.2 Å². The van der Waals surface area contributed by atoms with E-state index >= 15 is 0 Å². The van der Waals surface area contributed by atoms with Gasteiger partial charge < -0.3 is 19.8 Å². The minimum absolute atomic E-state index is 0.0226. The van der Waals surface area contributed by atoms with Gasteiger partial charge in [0.1, 0.15) is 11.5 Å². The summed E-state index contributed by atoms with van der Waals surface area (Å²) in [6, 6.07) is 18.6. The van der Waals surface area contributed by atoms with E-state index in [0.717, 1.165) is 9.99 Å². The first-order valence-electron chi connectivity index (χ1n) is 14.1. The molecule has 0 aromatic heterocycles. The number of benzene rings is 3. The molecule has 0 atom stereocenters. The number of carbonyl (C=O) groups is 3. The number of hydrogen-bond acceptors (Lipinski definition) is 10. The van der Waals surface area contributed by atoms with E-state index < -0.39 is 33.4 Å². The SMILES string of the molecule is O=C1NC(=O)C(c2ccc(Oc3ccc(Cl)cc3)cc2)(N2CCN(c3ccc(S(=O)(=O)N(CCO)CCO)cc3)CC2)C(=O)N1. The number of ether oxygens (including phenoxy) is 1. The Morgan fingerprint density at radius 1 is 0.778 bits per heavy atom. The first-order chi connectivity index (χ1) is 21.6. The Bertz CT molecular complexity index is 1620. The number of sulfonamides is 1. The van der Waals surface area contributed by atoms with Crippen molar-refractivity contribution in [1.29, 1.82) is 0 Å². The number of urea groups is 1. The van der Waals surface area contributed by atoms with Gasteiger partial charge in [-0.2, -0.15) is 4.31 Å². The molecule has 0 bridgehead atoms. The lowest BCUT2D eigenvalue weighted by Crippen LogP contribution is -2.73. The average molecular weight is 658 g/mol. The highest BCUT2D eigenvalue weighted by Crippen LogP contribution is 2.35. The van der Waals surface area contributed by atoms with E-state index in [9.17, 15) is 33.0 Å². The number of aliphatic hydroxyl groups excluding tert-OH is 2. The van der Waals surface area contributed by atoms with Crippen LogP contribution in [0.4, 0.5) is 10.5 Å². The number of anilines is 1. The van der Waals surface area contributed by atoms with Gasteiger partial charge in [-0.15, -0.1) is 0 Å². The van der Waals surface area contributed by atoms with E-state index in [1.165, 1.54) is 12.1 Å². The van der Waals surface area contributed by atoms with E-state index in [-0.39, 0.29) is 44.3 Å². The van der Waals surface area contributed by atoms with E-state index in [1.54, 1.807) is 65.6 Å². The number of piperazine rings is 1. The molecule has 238 valence electrons. The molecule has 0 unspecified atom stereocenters. The van der Waals surface area contributed by atoms with Gasteiger partial charge in [-0.05, 0) is 66.2 Å². The number of hydrogen-bond donors (Lipinski definition) is 4. The first-order valence-corrected chi connectivity index (χ1v) is 15.9. The first kappa shape index (κ1) is 32.3. The number of barbiturate groups is 1. The van der Waals surface area contributed by atoms with Crippen LogP contribution in [0, 0.1) is 0 Å². The number of halogens is 1. The largest absolute Gasteiger partial charge is 0.457 e. The van der Waals surface area contributed by atoms with Gasteiger partial charge in [-0.1, -0.05) is 23.7 Å². The van der Waals surface area contributed by atoms with Crippen molar-refractivity contribution in [2.24, 2.45) is 0 Å². The maximum absolute atomic E-state index is 13.5. The molecule has 5 rings (SSSR count). The number of carbonyl (C=O) groups excluding carboxylic acids is 3. The Balaban J connectivity index is 1.34. The summed E-state index contributed by atoms with van der Waals surface area (Å²) in [5.74, 6) is -0.507. The zero-order valence-corrected chi connectivity index (χ0v) is 25.6. The molecule has 4 amide bonds. The van der Waals surface area contributed by atoms with Crippen LogP contribution in [0.25, 0.3) is 0 Å². The number of nitrogens with zero attached hydrogens (tertiary/aromatic N) is 3. The van der Waals surface area contributed by atoms with Crippen LogP contribution < -0.4 is 20.3 Å². The van der Waals surface area contributed by atoms with Crippen molar-refractivity contribution in [2.45, 2.75) is 10.4 Å². The van der Waals surface area contributed by atoms with Crippen LogP contribution >= 0.6 is 11.6 Å². The highest BCUT2D eigenvalue weighted by Gasteiger charge is 2.56. The summed E-state index contributed by atoms with van der Waals surface area (Å²) in [6.45, 7) is 0.266. The van der Waals surface area contributed by atoms with Crippen LogP contribution in [0.2, 0.25) is 5.02 Å². The molecule has 0 radical (unpaired) electrons. The molecule has 3 aromatic rings. The highest BCUT2D eigenvalue weighted by molar-refractivity contribution is 7.89. The van der Waals surface area contributed by atoms with Crippen LogP contribution in [-0.2, 0) is 25.2 Å². The number of amides is 4. The zero-order chi connectivity index (χ0) is 32.2. The van der Waals surface area contributed by atoms with Crippen molar-refractivity contribution in [1.82, 2.24) is 19.8 Å². The molecule has 2 saturated heterocycles. The third kappa shape index (κ3) is 6.52. The van der Waals surface area contributed by atoms with Gasteiger partial charge in [0.25, 0.3) is 11.8 Å². The Morgan fingerprint density at radius 3 is 1.80 bits per heavy atom. The van der Waals surface area contributed by atoms with Gasteiger partial charge in [0.2, 0.25) is 15.6 Å². The second kappa shape index (κ2) is 13.5. The lowest BCUT2D eigenvalue weighted by molar-refractivity contribution is -0.149. The summed E-state index contributed by atoms with van der Waals surface area (Å²) >= 11 is 5.94. The second-order valence-electron chi connectivity index (χ2n) is 10.3. The summed E-state index contributed by atoms with van der Waals surface area (Å²) in [5, 5.41) is 23.5. The topological polar surface area (TPSA) is 169 Å². The molecule has 4 N–H and O–H groups in total. The fraction of sp³-hybridized carbons (Fsp3) is 0.300. The van der Waals surface area contributed by atoms with Crippen LogP contribution in [0.1, 0.15) is 5.56 Å². The summed E-state index contributed by atoms with van der Waals surface area (Å²) in [5.41, 5.74) is -0.735. The minimum Gasteiger partial charge on any atom is -0.457 e. The molecule has 2 aliphatic rings. The summed E-state index contributed by atoms with van der Waals surface area (Å²) in [6.07, 6.45) is 0. The van der Waals surface area contributed by atoms with E-state index in [4.69, 9.17) is 16.3 Å². The van der Waals surface area contributed by atoms with Crippen molar-refractivity contribution >= 4 is 45.2 Å². The van der Waals surface area contributed by atoms with E-state index in [1.807, 2.05) is 4.90 Å². The molecule has 3 aromatic carbocycles. The third-order valence-corrected chi connectivity index (χ3v) is 9.89. The van der Waals surface area contributed by atoms with Gasteiger partial charge in [0.05, 0.1) is 18.1 Å². The van der Waals surface area contributed by atoms with Crippen molar-refractivity contribution in [3.63, 3.8) is 0 Å². The quantitative estimate of drug-likeness (QED) is 0.222. The van der Waals surface area contributed by atoms with Crippen LogP contribution in [0.3, 0.4) is 0 Å². The van der Waals surface area contributed by atoms with E-state index in [0.29, 0.717) is 35.2 Å². The summed E-state index contributed by atoms with van der Waals surface area (Å²) in [4.78, 5) is 42.7. The summed E-state index contributed by atoms with van der Waals surface area (Å²) < 4.78 is 32.8. The van der Waals surface area contributed by atoms with Crippen molar-refractivity contribution in [3.05, 3.63) is 83.4 Å². The smallest absolute Gasteiger partial charge is 0.328 e. The number of aliphatic hydroxyl groups is 2. The second-order valence-corrected chi connectivity index (χ2v) is 12.7. The van der Waals surface area contributed by atoms with Gasteiger partial charge in [-0.3, -0.25) is 25.1 Å². The minimum atomic E-state index is -3.92. The standard InChI is InChI=1S/C30H32ClN5O8S/c31-22-3-9-25(10-4-22)44-24-7-1-21(2-8-24)30(27(39)32-29(41)33-28(30)40)35-15-13-34(14-16-35)23-5-11-26(12-6-23)45(42,43)36(17-19-37)18-20-38/h1-12,37-38H,13-20H2,(H2,32,33,39,40,41). The highest BCUT2D eigenvalue weighted by atomic mass is 35.5. The number of imide groups is 2. The zero-order valence-electron chi connectivity index (χ0n) is 24.1. The fourth-order valence-electron chi connectivity index (χ4n) is 5.51. The molecule has 15 heteroatoms. The van der Waals surface area contributed by atoms with Gasteiger partial charge >= 0.3 is 6.03 Å². The Kier molecular flexibility index (Phi) is 9.72. The van der Waals surface area contributed by atoms with Crippen LogP contribution in [-0.4, -0.2) is 98.2 Å². The molecule has 2 heterocycles. The third-order valence-electron chi connectivity index (χ3n) is 7.73. The number of nitrogens with one attached hydrogen (secondary N) is 2. The normalized spacial score (nSPS) is 17.2. The molecule has 0 spiro atoms. The predicted molar refractivity (Wildman–Crippen MR) is 164 cm³/mol. The molecule has 0 saturated carbocycles. The lowest BCUT2D eigenvalue weighted by Gasteiger charge is -2.47. The van der Waals surface area contributed by atoms with Crippen molar-refractivity contribution in [2.75, 3.05) is 57.4 Å². The Morgan fingerprint density at radius 2 is 1.29 bits per heavy atom. The van der Waals surface area contributed by atoms with E-state index in [2.05, 4.69) is 10.6 Å². The fourth-order valence-corrected chi connectivity index (χ4v) is 7.06. The molecule has 0 aliphatic carbocycles. The van der Waals surface area contributed by atoms with Crippen molar-refractivity contribution < 1.29 is 37.8 Å². The Labute approximate surface area is 265 Å². The van der Waals surface area contributed by atoms with Crippen LogP contribution in [0.5, 0.6) is 11.5 Å². The average Bonchev–Trinajstić information content (AvgIpc) is 3.03. The van der Waals surface area contributed by atoms with Crippen molar-refractivity contribution in [3.8, 4) is 11.5 Å². The lowest BCUT2D eigenvalue weighted by atomic mass is 9.84. The Hall–Kier alpha value is -4.05. The molecular formula is C30H32ClN5O8S. The molecule has 2 aliphatic heterocycles. The van der Waals surface area contributed by atoms with Gasteiger partial charge in [0.15, 0.2) is 0 Å². The monoisotopic (exact) mass is 657 g/mol. The number of rotatable bonds is 11. The maximum atomic E-state index is 13.5. The molecular weight excluding hydrogens is 626 g/mol. The maximum Gasteiger partial charge on any atom is 0.328 e.